The quantitative estimate of drug-likeness (QED) is 0.796. The largest absolute Gasteiger partial charge is 0.494 e. The fraction of sp³-hybridized carbons (Fsp3) is 0.263. The molecule has 2 rings (SSSR count). The molecular formula is C19H22FN3O3. The Hall–Kier alpha value is -2.93. The van der Waals surface area contributed by atoms with Gasteiger partial charge < -0.3 is 10.1 Å². The van der Waals surface area contributed by atoms with Crippen LogP contribution in [0.3, 0.4) is 0 Å². The molecule has 138 valence electrons. The third kappa shape index (κ3) is 6.18. The molecule has 0 bridgehead atoms. The molecule has 0 unspecified atom stereocenters. The first-order valence-electron chi connectivity index (χ1n) is 8.10. The van der Waals surface area contributed by atoms with Gasteiger partial charge in [-0.1, -0.05) is 36.4 Å². The number of benzene rings is 2. The van der Waals surface area contributed by atoms with Gasteiger partial charge in [0.05, 0.1) is 13.7 Å². The Morgan fingerprint density at radius 3 is 2.50 bits per heavy atom. The van der Waals surface area contributed by atoms with Crippen LogP contribution in [0.25, 0.3) is 0 Å². The Kier molecular flexibility index (Phi) is 7.11. The van der Waals surface area contributed by atoms with E-state index in [0.29, 0.717) is 18.7 Å². The summed E-state index contributed by atoms with van der Waals surface area (Å²) in [5.74, 6) is -0.723. The van der Waals surface area contributed by atoms with Gasteiger partial charge in [-0.25, -0.2) is 9.18 Å². The van der Waals surface area contributed by atoms with Crippen LogP contribution in [0.15, 0.2) is 48.5 Å². The van der Waals surface area contributed by atoms with Crippen molar-refractivity contribution in [1.29, 1.82) is 0 Å². The summed E-state index contributed by atoms with van der Waals surface area (Å²) in [6, 6.07) is 13.5. The molecule has 0 aliphatic heterocycles. The molecule has 0 saturated heterocycles. The standard InChI is InChI=1S/C19H22FN3O3/c1-23(12-15-8-9-17(26-2)16(20)10-15)13-18(24)22-19(25)21-11-14-6-4-3-5-7-14/h3-10H,11-13H2,1-2H3,(H2,21,22,24,25). The zero-order chi connectivity index (χ0) is 18.9. The van der Waals surface area contributed by atoms with Gasteiger partial charge in [0.1, 0.15) is 0 Å². The van der Waals surface area contributed by atoms with Crippen molar-refractivity contribution in [1.82, 2.24) is 15.5 Å². The van der Waals surface area contributed by atoms with Gasteiger partial charge in [0.25, 0.3) is 0 Å². The van der Waals surface area contributed by atoms with Gasteiger partial charge in [0, 0.05) is 13.1 Å². The SMILES string of the molecule is COc1ccc(CN(C)CC(=O)NC(=O)NCc2ccccc2)cc1F. The molecule has 0 aliphatic carbocycles. The van der Waals surface area contributed by atoms with E-state index in [9.17, 15) is 14.0 Å². The number of ether oxygens (including phenoxy) is 1. The Morgan fingerprint density at radius 2 is 1.85 bits per heavy atom. The minimum absolute atomic E-state index is 0.00635. The zero-order valence-corrected chi connectivity index (χ0v) is 14.8. The van der Waals surface area contributed by atoms with Crippen LogP contribution < -0.4 is 15.4 Å². The fourth-order valence-corrected chi connectivity index (χ4v) is 2.41. The normalized spacial score (nSPS) is 10.5. The highest BCUT2D eigenvalue weighted by atomic mass is 19.1. The van der Waals surface area contributed by atoms with E-state index in [2.05, 4.69) is 10.6 Å². The number of carbonyl (C=O) groups excluding carboxylic acids is 2. The molecule has 2 aromatic rings. The van der Waals surface area contributed by atoms with Crippen LogP contribution in [0.1, 0.15) is 11.1 Å². The molecular weight excluding hydrogens is 337 g/mol. The molecule has 3 amide bonds. The summed E-state index contributed by atoms with van der Waals surface area (Å²) in [6.07, 6.45) is 0. The first-order valence-corrected chi connectivity index (χ1v) is 8.10. The van der Waals surface area contributed by atoms with Crippen LogP contribution in [0.4, 0.5) is 9.18 Å². The number of likely N-dealkylation sites (N-methyl/N-ethyl adjacent to an activating group) is 1. The summed E-state index contributed by atoms with van der Waals surface area (Å²) in [6.45, 7) is 0.702. The molecule has 0 spiro atoms. The molecule has 2 N–H and O–H groups in total. The predicted octanol–water partition coefficient (Wildman–Crippen LogP) is 2.29. The molecule has 6 nitrogen and oxygen atoms in total. The second-order valence-electron chi connectivity index (χ2n) is 5.86. The van der Waals surface area contributed by atoms with E-state index < -0.39 is 17.8 Å². The number of hydrogen-bond acceptors (Lipinski definition) is 4. The van der Waals surface area contributed by atoms with Gasteiger partial charge in [0.2, 0.25) is 5.91 Å². The van der Waals surface area contributed by atoms with Gasteiger partial charge in [-0.05, 0) is 30.3 Å². The highest BCUT2D eigenvalue weighted by Gasteiger charge is 2.12. The van der Waals surface area contributed by atoms with E-state index >= 15 is 0 Å². The van der Waals surface area contributed by atoms with Crippen LogP contribution in [0, 0.1) is 5.82 Å². The van der Waals surface area contributed by atoms with E-state index in [4.69, 9.17) is 4.74 Å². The number of amides is 3. The van der Waals surface area contributed by atoms with Gasteiger partial charge in [-0.2, -0.15) is 0 Å². The topological polar surface area (TPSA) is 70.7 Å². The maximum absolute atomic E-state index is 13.7. The average Bonchev–Trinajstić information content (AvgIpc) is 2.60. The number of imide groups is 1. The van der Waals surface area contributed by atoms with Gasteiger partial charge in [-0.15, -0.1) is 0 Å². The van der Waals surface area contributed by atoms with E-state index in [1.165, 1.54) is 19.2 Å². The Morgan fingerprint density at radius 1 is 1.12 bits per heavy atom. The molecule has 26 heavy (non-hydrogen) atoms. The van der Waals surface area contributed by atoms with Crippen molar-refractivity contribution in [2.24, 2.45) is 0 Å². The van der Waals surface area contributed by atoms with Crippen LogP contribution in [0.2, 0.25) is 0 Å². The number of methoxy groups -OCH3 is 1. The Bertz CT molecular complexity index is 753. The lowest BCUT2D eigenvalue weighted by Gasteiger charge is -2.16. The van der Waals surface area contributed by atoms with E-state index in [0.717, 1.165) is 5.56 Å². The molecule has 0 radical (unpaired) electrons. The molecule has 0 saturated carbocycles. The molecule has 0 aromatic heterocycles. The second kappa shape index (κ2) is 9.53. The van der Waals surface area contributed by atoms with E-state index in [1.807, 2.05) is 30.3 Å². The van der Waals surface area contributed by atoms with Crippen molar-refractivity contribution in [3.63, 3.8) is 0 Å². The lowest BCUT2D eigenvalue weighted by Crippen LogP contribution is -2.43. The fourth-order valence-electron chi connectivity index (χ4n) is 2.41. The van der Waals surface area contributed by atoms with Gasteiger partial charge in [-0.3, -0.25) is 15.0 Å². The van der Waals surface area contributed by atoms with Crippen molar-refractivity contribution in [3.05, 3.63) is 65.5 Å². The monoisotopic (exact) mass is 359 g/mol. The van der Waals surface area contributed by atoms with E-state index in [-0.39, 0.29) is 12.3 Å². The third-order valence-electron chi connectivity index (χ3n) is 3.63. The van der Waals surface area contributed by atoms with Crippen molar-refractivity contribution in [2.45, 2.75) is 13.1 Å². The summed E-state index contributed by atoms with van der Waals surface area (Å²) >= 11 is 0. The van der Waals surface area contributed by atoms with Crippen LogP contribution >= 0.6 is 0 Å². The summed E-state index contributed by atoms with van der Waals surface area (Å²) in [5.41, 5.74) is 1.64. The first-order chi connectivity index (χ1) is 12.5. The average molecular weight is 359 g/mol. The smallest absolute Gasteiger partial charge is 0.321 e. The summed E-state index contributed by atoms with van der Waals surface area (Å²) < 4.78 is 18.6. The van der Waals surface area contributed by atoms with Crippen molar-refractivity contribution in [2.75, 3.05) is 20.7 Å². The summed E-state index contributed by atoms with van der Waals surface area (Å²) in [5, 5.41) is 4.89. The maximum Gasteiger partial charge on any atom is 0.321 e. The third-order valence-corrected chi connectivity index (χ3v) is 3.63. The van der Waals surface area contributed by atoms with Crippen LogP contribution in [0.5, 0.6) is 5.75 Å². The van der Waals surface area contributed by atoms with Crippen molar-refractivity contribution >= 4 is 11.9 Å². The predicted molar refractivity (Wildman–Crippen MR) is 96.1 cm³/mol. The lowest BCUT2D eigenvalue weighted by molar-refractivity contribution is -0.120. The second-order valence-corrected chi connectivity index (χ2v) is 5.86. The molecule has 0 aliphatic rings. The minimum atomic E-state index is -0.553. The maximum atomic E-state index is 13.7. The Labute approximate surface area is 152 Å². The first kappa shape index (κ1) is 19.4. The van der Waals surface area contributed by atoms with Crippen molar-refractivity contribution in [3.8, 4) is 5.75 Å². The number of nitrogens with zero attached hydrogens (tertiary/aromatic N) is 1. The van der Waals surface area contributed by atoms with Crippen LogP contribution in [-0.2, 0) is 17.9 Å². The summed E-state index contributed by atoms with van der Waals surface area (Å²) in [4.78, 5) is 25.4. The molecule has 0 heterocycles. The summed E-state index contributed by atoms with van der Waals surface area (Å²) in [7, 11) is 3.11. The number of halogens is 1. The van der Waals surface area contributed by atoms with Crippen LogP contribution in [-0.4, -0.2) is 37.5 Å². The number of nitrogens with one attached hydrogen (secondary N) is 2. The Balaban J connectivity index is 1.75. The van der Waals surface area contributed by atoms with Gasteiger partial charge >= 0.3 is 6.03 Å². The molecule has 0 atom stereocenters. The minimum Gasteiger partial charge on any atom is -0.494 e. The van der Waals surface area contributed by atoms with Crippen molar-refractivity contribution < 1.29 is 18.7 Å². The molecule has 2 aromatic carbocycles. The zero-order valence-electron chi connectivity index (χ0n) is 14.8. The number of carbonyl (C=O) groups is 2. The molecule has 7 heteroatoms. The van der Waals surface area contributed by atoms with E-state index in [1.54, 1.807) is 18.0 Å². The highest BCUT2D eigenvalue weighted by Crippen LogP contribution is 2.18. The number of hydrogen-bond donors (Lipinski definition) is 2. The number of urea groups is 1. The molecule has 0 fully saturated rings. The van der Waals surface area contributed by atoms with Gasteiger partial charge in [0.15, 0.2) is 11.6 Å². The lowest BCUT2D eigenvalue weighted by atomic mass is 10.2. The number of rotatable bonds is 7. The highest BCUT2D eigenvalue weighted by molar-refractivity contribution is 5.95.